The zero-order valence-electron chi connectivity index (χ0n) is 8.85. The van der Waals surface area contributed by atoms with Gasteiger partial charge in [-0.2, -0.15) is 0 Å². The van der Waals surface area contributed by atoms with Gasteiger partial charge in [-0.15, -0.1) is 0 Å². The Morgan fingerprint density at radius 1 is 1.07 bits per heavy atom. The van der Waals surface area contributed by atoms with E-state index in [1.807, 2.05) is 0 Å². The third kappa shape index (κ3) is 7.56. The quantitative estimate of drug-likeness (QED) is 0.388. The zero-order valence-corrected chi connectivity index (χ0v) is 8.85. The Balaban J connectivity index is 3.42. The molecule has 0 saturated carbocycles. The Labute approximate surface area is 87.2 Å². The number of carbonyl (C=O) groups excluding carboxylic acids is 2. The number of carbonyl (C=O) groups is 2. The van der Waals surface area contributed by atoms with Crippen LogP contribution >= 0.6 is 0 Å². The third-order valence-electron chi connectivity index (χ3n) is 1.25. The highest BCUT2D eigenvalue weighted by Gasteiger charge is 2.09. The van der Waals surface area contributed by atoms with Gasteiger partial charge in [0, 0.05) is 0 Å². The topological polar surface area (TPSA) is 80.3 Å². The largest absolute Gasteiger partial charge is 0.510 e. The van der Waals surface area contributed by atoms with Crippen LogP contribution in [0.4, 0.5) is 9.59 Å². The number of hydrogen-bond acceptors (Lipinski definition) is 7. The van der Waals surface area contributed by atoms with Crippen LogP contribution in [-0.4, -0.2) is 46.0 Å². The van der Waals surface area contributed by atoms with Gasteiger partial charge < -0.3 is 23.7 Å². The Bertz CT molecular complexity index is 203. The standard InChI is InChI=1S/C8H14O7/c1-6(15-8(10)12-3)13-4-5-14-7(9)11-2/h6H,4-5H2,1-3H3. The lowest BCUT2D eigenvalue weighted by Crippen LogP contribution is -2.21. The molecule has 1 atom stereocenters. The minimum Gasteiger partial charge on any atom is -0.438 e. The average molecular weight is 222 g/mol. The Kier molecular flexibility index (Phi) is 7.08. The van der Waals surface area contributed by atoms with E-state index in [0.717, 1.165) is 0 Å². The summed E-state index contributed by atoms with van der Waals surface area (Å²) in [5.74, 6) is 0. The first-order chi connectivity index (χ1) is 7.10. The van der Waals surface area contributed by atoms with Crippen LogP contribution in [0, 0.1) is 0 Å². The second kappa shape index (κ2) is 7.86. The molecule has 0 aromatic heterocycles. The highest BCUT2D eigenvalue weighted by molar-refractivity contribution is 5.59. The van der Waals surface area contributed by atoms with E-state index in [4.69, 9.17) is 4.74 Å². The Morgan fingerprint density at radius 2 is 1.67 bits per heavy atom. The normalized spacial score (nSPS) is 11.4. The molecule has 0 N–H and O–H groups in total. The van der Waals surface area contributed by atoms with Crippen molar-refractivity contribution in [3.05, 3.63) is 0 Å². The summed E-state index contributed by atoms with van der Waals surface area (Å²) in [7, 11) is 2.39. The maximum absolute atomic E-state index is 10.6. The first kappa shape index (κ1) is 13.5. The predicted octanol–water partition coefficient (Wildman–Crippen LogP) is 0.915. The summed E-state index contributed by atoms with van der Waals surface area (Å²) >= 11 is 0. The summed E-state index contributed by atoms with van der Waals surface area (Å²) in [5.41, 5.74) is 0. The van der Waals surface area contributed by atoms with E-state index < -0.39 is 18.6 Å². The number of hydrogen-bond donors (Lipinski definition) is 0. The molecule has 0 bridgehead atoms. The van der Waals surface area contributed by atoms with Crippen molar-refractivity contribution < 1.29 is 33.3 Å². The smallest absolute Gasteiger partial charge is 0.438 e. The van der Waals surface area contributed by atoms with Gasteiger partial charge >= 0.3 is 12.3 Å². The lowest BCUT2D eigenvalue weighted by Gasteiger charge is -2.12. The second-order valence-corrected chi connectivity index (χ2v) is 2.31. The van der Waals surface area contributed by atoms with Crippen LogP contribution in [0.15, 0.2) is 0 Å². The Hall–Kier alpha value is -1.50. The molecule has 0 amide bonds. The molecule has 15 heavy (non-hydrogen) atoms. The van der Waals surface area contributed by atoms with Crippen molar-refractivity contribution >= 4 is 12.3 Å². The van der Waals surface area contributed by atoms with Crippen LogP contribution in [0.5, 0.6) is 0 Å². The molecular weight excluding hydrogens is 208 g/mol. The van der Waals surface area contributed by atoms with Gasteiger partial charge in [-0.3, -0.25) is 0 Å². The van der Waals surface area contributed by atoms with Gasteiger partial charge in [0.25, 0.3) is 0 Å². The average Bonchev–Trinajstić information content (AvgIpc) is 2.23. The maximum atomic E-state index is 10.6. The molecule has 0 aromatic carbocycles. The van der Waals surface area contributed by atoms with Crippen LogP contribution in [-0.2, 0) is 23.7 Å². The molecule has 0 aliphatic heterocycles. The fraction of sp³-hybridized carbons (Fsp3) is 0.750. The summed E-state index contributed by atoms with van der Waals surface area (Å²) in [4.78, 5) is 21.1. The maximum Gasteiger partial charge on any atom is 0.510 e. The van der Waals surface area contributed by atoms with Gasteiger partial charge in [-0.25, -0.2) is 9.59 Å². The minimum absolute atomic E-state index is 0.0154. The van der Waals surface area contributed by atoms with E-state index in [9.17, 15) is 9.59 Å². The van der Waals surface area contributed by atoms with Gasteiger partial charge in [0.15, 0.2) is 0 Å². The second-order valence-electron chi connectivity index (χ2n) is 2.31. The zero-order chi connectivity index (χ0) is 11.7. The van der Waals surface area contributed by atoms with Crippen molar-refractivity contribution in [2.45, 2.75) is 13.2 Å². The molecule has 0 radical (unpaired) electrons. The minimum atomic E-state index is -0.837. The van der Waals surface area contributed by atoms with Crippen molar-refractivity contribution in [2.24, 2.45) is 0 Å². The van der Waals surface area contributed by atoms with Crippen molar-refractivity contribution in [1.82, 2.24) is 0 Å². The fourth-order valence-corrected chi connectivity index (χ4v) is 0.616. The highest BCUT2D eigenvalue weighted by atomic mass is 16.8. The molecule has 0 saturated heterocycles. The van der Waals surface area contributed by atoms with Crippen LogP contribution in [0.3, 0.4) is 0 Å². The van der Waals surface area contributed by atoms with Gasteiger partial charge in [0.05, 0.1) is 20.8 Å². The lowest BCUT2D eigenvalue weighted by atomic mass is 10.7. The Morgan fingerprint density at radius 3 is 2.20 bits per heavy atom. The molecule has 7 nitrogen and oxygen atoms in total. The highest BCUT2D eigenvalue weighted by Crippen LogP contribution is 1.96. The van der Waals surface area contributed by atoms with Gasteiger partial charge in [0.2, 0.25) is 6.29 Å². The summed E-state index contributed by atoms with van der Waals surface area (Å²) < 4.78 is 22.5. The van der Waals surface area contributed by atoms with Crippen molar-refractivity contribution in [3.63, 3.8) is 0 Å². The number of rotatable bonds is 5. The van der Waals surface area contributed by atoms with Crippen molar-refractivity contribution in [1.29, 1.82) is 0 Å². The van der Waals surface area contributed by atoms with Crippen molar-refractivity contribution in [2.75, 3.05) is 27.4 Å². The number of methoxy groups -OCH3 is 2. The van der Waals surface area contributed by atoms with E-state index >= 15 is 0 Å². The first-order valence-corrected chi connectivity index (χ1v) is 4.17. The molecule has 0 rings (SSSR count). The molecule has 88 valence electrons. The number of ether oxygens (including phenoxy) is 5. The summed E-state index contributed by atoms with van der Waals surface area (Å²) in [6, 6.07) is 0. The molecular formula is C8H14O7. The molecule has 0 heterocycles. The summed E-state index contributed by atoms with van der Waals surface area (Å²) in [6.07, 6.45) is -2.39. The summed E-state index contributed by atoms with van der Waals surface area (Å²) in [6.45, 7) is 1.61. The predicted molar refractivity (Wildman–Crippen MR) is 47.3 cm³/mol. The molecule has 0 spiro atoms. The van der Waals surface area contributed by atoms with E-state index in [1.165, 1.54) is 21.1 Å². The van der Waals surface area contributed by atoms with Crippen LogP contribution in [0.25, 0.3) is 0 Å². The van der Waals surface area contributed by atoms with Crippen LogP contribution in [0.2, 0.25) is 0 Å². The lowest BCUT2D eigenvalue weighted by molar-refractivity contribution is -0.115. The first-order valence-electron chi connectivity index (χ1n) is 4.17. The fourth-order valence-electron chi connectivity index (χ4n) is 0.616. The molecule has 1 unspecified atom stereocenters. The SMILES string of the molecule is COC(=O)OCCOC(C)OC(=O)OC. The van der Waals surface area contributed by atoms with Gasteiger partial charge in [0.1, 0.15) is 6.61 Å². The van der Waals surface area contributed by atoms with E-state index in [2.05, 4.69) is 18.9 Å². The summed E-state index contributed by atoms with van der Waals surface area (Å²) in [5, 5.41) is 0. The molecule has 0 aliphatic carbocycles. The van der Waals surface area contributed by atoms with E-state index in [-0.39, 0.29) is 13.2 Å². The van der Waals surface area contributed by atoms with Crippen molar-refractivity contribution in [3.8, 4) is 0 Å². The monoisotopic (exact) mass is 222 g/mol. The van der Waals surface area contributed by atoms with Crippen LogP contribution < -0.4 is 0 Å². The molecule has 7 heteroatoms. The van der Waals surface area contributed by atoms with Crippen LogP contribution in [0.1, 0.15) is 6.92 Å². The van der Waals surface area contributed by atoms with Gasteiger partial charge in [-0.05, 0) is 6.92 Å². The third-order valence-corrected chi connectivity index (χ3v) is 1.25. The molecule has 0 fully saturated rings. The molecule has 0 aromatic rings. The molecule has 0 aliphatic rings. The van der Waals surface area contributed by atoms with E-state index in [0.29, 0.717) is 0 Å². The van der Waals surface area contributed by atoms with Gasteiger partial charge in [-0.1, -0.05) is 0 Å². The van der Waals surface area contributed by atoms with E-state index in [1.54, 1.807) is 0 Å².